The van der Waals surface area contributed by atoms with Crippen molar-refractivity contribution in [1.29, 1.82) is 0 Å². The van der Waals surface area contributed by atoms with Crippen molar-refractivity contribution in [2.24, 2.45) is 23.5 Å². The molecule has 0 aromatic heterocycles. The predicted octanol–water partition coefficient (Wildman–Crippen LogP) is 1.22. The molecule has 4 N–H and O–H groups in total. The highest BCUT2D eigenvalue weighted by Gasteiger charge is 2.42. The van der Waals surface area contributed by atoms with Gasteiger partial charge < -0.3 is 15.9 Å². The van der Waals surface area contributed by atoms with E-state index in [1.165, 1.54) is 32.1 Å². The van der Waals surface area contributed by atoms with Crippen molar-refractivity contribution < 1.29 is 15.0 Å². The summed E-state index contributed by atoms with van der Waals surface area (Å²) < 4.78 is 0. The molecule has 0 radical (unpaired) electrons. The van der Waals surface area contributed by atoms with Gasteiger partial charge in [0.2, 0.25) is 0 Å². The van der Waals surface area contributed by atoms with Crippen molar-refractivity contribution in [3.63, 3.8) is 0 Å². The fourth-order valence-electron chi connectivity index (χ4n) is 2.48. The largest absolute Gasteiger partial charge is 0.480 e. The van der Waals surface area contributed by atoms with Crippen molar-refractivity contribution in [2.75, 3.05) is 6.54 Å². The number of nitrogens with two attached hydrogens (primary N) is 1. The summed E-state index contributed by atoms with van der Waals surface area (Å²) in [5.41, 5.74) is 4.57. The van der Waals surface area contributed by atoms with E-state index in [0.717, 1.165) is 5.92 Å². The summed E-state index contributed by atoms with van der Waals surface area (Å²) in [4.78, 5) is 9.24. The number of hydrogen-bond acceptors (Lipinski definition) is 3. The molecule has 0 amide bonds. The maximum atomic E-state index is 9.86. The fourth-order valence-corrected chi connectivity index (χ4v) is 2.48. The first-order chi connectivity index (χ1) is 7.56. The van der Waals surface area contributed by atoms with Crippen molar-refractivity contribution in [2.45, 2.75) is 45.1 Å². The average molecular weight is 229 g/mol. The van der Waals surface area contributed by atoms with E-state index in [1.54, 1.807) is 0 Å². The van der Waals surface area contributed by atoms with Crippen LogP contribution in [0.2, 0.25) is 0 Å². The maximum Gasteiger partial charge on any atom is 0.317 e. The molecule has 2 aliphatic carbocycles. The van der Waals surface area contributed by atoms with Crippen LogP contribution in [0, 0.1) is 17.8 Å². The zero-order valence-electron chi connectivity index (χ0n) is 9.93. The van der Waals surface area contributed by atoms with Crippen LogP contribution in [0.1, 0.15) is 39.0 Å². The summed E-state index contributed by atoms with van der Waals surface area (Å²) >= 11 is 0. The number of aliphatic hydroxyl groups is 1. The molecule has 3 unspecified atom stereocenters. The van der Waals surface area contributed by atoms with Crippen LogP contribution in [-0.4, -0.2) is 28.8 Å². The number of carbonyl (C=O) groups is 1. The van der Waals surface area contributed by atoms with Crippen LogP contribution in [-0.2, 0) is 4.79 Å². The molecule has 4 nitrogen and oxygen atoms in total. The molecular weight excluding hydrogens is 206 g/mol. The quantitative estimate of drug-likeness (QED) is 0.679. The highest BCUT2D eigenvalue weighted by atomic mass is 16.4. The zero-order valence-corrected chi connectivity index (χ0v) is 9.93. The fraction of sp³-hybridized carbons (Fsp3) is 0.917. The molecule has 2 saturated carbocycles. The standard InChI is InChI=1S/C10H18O.C2H5NO2/c1-7-6-9(7)10(11)8-4-2-3-5-8;3-1-2(4)5/h7-11H,2-6H2,1H3;1,3H2,(H,4,5). The van der Waals surface area contributed by atoms with E-state index < -0.39 is 5.97 Å². The average Bonchev–Trinajstić information content (AvgIpc) is 2.80. The molecule has 0 aliphatic heterocycles. The Morgan fingerprint density at radius 3 is 2.19 bits per heavy atom. The second-order valence-electron chi connectivity index (χ2n) is 5.01. The van der Waals surface area contributed by atoms with Crippen LogP contribution in [0.5, 0.6) is 0 Å². The van der Waals surface area contributed by atoms with Crippen molar-refractivity contribution in [3.05, 3.63) is 0 Å². The minimum absolute atomic E-state index is 0.0486. The molecule has 0 spiro atoms. The third-order valence-electron chi connectivity index (χ3n) is 3.67. The molecule has 16 heavy (non-hydrogen) atoms. The molecule has 94 valence electrons. The number of rotatable bonds is 3. The minimum Gasteiger partial charge on any atom is -0.480 e. The van der Waals surface area contributed by atoms with Crippen molar-refractivity contribution >= 4 is 5.97 Å². The molecule has 4 heteroatoms. The van der Waals surface area contributed by atoms with Gasteiger partial charge in [0.25, 0.3) is 0 Å². The molecule has 0 bridgehead atoms. The molecule has 0 heterocycles. The van der Waals surface area contributed by atoms with Crippen LogP contribution in [0.4, 0.5) is 0 Å². The van der Waals surface area contributed by atoms with Crippen LogP contribution < -0.4 is 5.73 Å². The lowest BCUT2D eigenvalue weighted by Crippen LogP contribution is -2.20. The molecule has 0 saturated heterocycles. The van der Waals surface area contributed by atoms with Gasteiger partial charge in [-0.25, -0.2) is 0 Å². The first kappa shape index (κ1) is 13.5. The Morgan fingerprint density at radius 2 is 1.88 bits per heavy atom. The van der Waals surface area contributed by atoms with E-state index in [2.05, 4.69) is 12.7 Å². The van der Waals surface area contributed by atoms with Gasteiger partial charge >= 0.3 is 5.97 Å². The Bertz CT molecular complexity index is 226. The Kier molecular flexibility index (Phi) is 5.22. The van der Waals surface area contributed by atoms with E-state index in [4.69, 9.17) is 5.11 Å². The normalized spacial score (nSPS) is 30.4. The third-order valence-corrected chi connectivity index (χ3v) is 3.67. The first-order valence-electron chi connectivity index (χ1n) is 6.16. The molecular formula is C12H23NO3. The van der Waals surface area contributed by atoms with Gasteiger partial charge in [0, 0.05) is 0 Å². The number of carboxylic acids is 1. The lowest BCUT2D eigenvalue weighted by molar-refractivity contribution is -0.135. The van der Waals surface area contributed by atoms with Crippen molar-refractivity contribution in [3.8, 4) is 0 Å². The summed E-state index contributed by atoms with van der Waals surface area (Å²) in [7, 11) is 0. The van der Waals surface area contributed by atoms with Crippen LogP contribution >= 0.6 is 0 Å². The smallest absolute Gasteiger partial charge is 0.317 e. The molecule has 0 aromatic rings. The van der Waals surface area contributed by atoms with Gasteiger partial charge in [0.1, 0.15) is 0 Å². The SMILES string of the molecule is CC1CC1C(O)C1CCCC1.NCC(=O)O. The van der Waals surface area contributed by atoms with Gasteiger partial charge in [-0.3, -0.25) is 4.79 Å². The van der Waals surface area contributed by atoms with E-state index in [0.29, 0.717) is 11.8 Å². The Hall–Kier alpha value is -0.610. The van der Waals surface area contributed by atoms with E-state index in [-0.39, 0.29) is 12.6 Å². The second kappa shape index (κ2) is 6.21. The summed E-state index contributed by atoms with van der Waals surface area (Å²) in [6, 6.07) is 0. The molecule has 0 aromatic carbocycles. The zero-order chi connectivity index (χ0) is 12.1. The van der Waals surface area contributed by atoms with Crippen LogP contribution in [0.25, 0.3) is 0 Å². The number of aliphatic carboxylic acids is 1. The number of hydrogen-bond donors (Lipinski definition) is 3. The van der Waals surface area contributed by atoms with Gasteiger partial charge in [-0.2, -0.15) is 0 Å². The van der Waals surface area contributed by atoms with Crippen LogP contribution in [0.3, 0.4) is 0 Å². The van der Waals surface area contributed by atoms with E-state index in [1.807, 2.05) is 0 Å². The minimum atomic E-state index is -0.968. The highest BCUT2D eigenvalue weighted by molar-refractivity contribution is 5.68. The molecule has 2 rings (SSSR count). The molecule has 2 aliphatic rings. The van der Waals surface area contributed by atoms with Crippen molar-refractivity contribution in [1.82, 2.24) is 0 Å². The number of aliphatic hydroxyl groups excluding tert-OH is 1. The number of carboxylic acid groups (broad SMARTS) is 1. The first-order valence-corrected chi connectivity index (χ1v) is 6.16. The monoisotopic (exact) mass is 229 g/mol. The Labute approximate surface area is 96.8 Å². The molecule has 3 atom stereocenters. The highest BCUT2D eigenvalue weighted by Crippen LogP contribution is 2.45. The van der Waals surface area contributed by atoms with Gasteiger partial charge in [-0.05, 0) is 37.0 Å². The molecule has 2 fully saturated rings. The Balaban J connectivity index is 0.000000221. The summed E-state index contributed by atoms with van der Waals surface area (Å²) in [6.07, 6.45) is 6.59. The van der Waals surface area contributed by atoms with Gasteiger partial charge in [-0.15, -0.1) is 0 Å². The van der Waals surface area contributed by atoms with Crippen LogP contribution in [0.15, 0.2) is 0 Å². The third kappa shape index (κ3) is 4.10. The Morgan fingerprint density at radius 1 is 1.44 bits per heavy atom. The van der Waals surface area contributed by atoms with Gasteiger partial charge in [-0.1, -0.05) is 19.8 Å². The van der Waals surface area contributed by atoms with E-state index >= 15 is 0 Å². The second-order valence-corrected chi connectivity index (χ2v) is 5.01. The van der Waals surface area contributed by atoms with Gasteiger partial charge in [0.15, 0.2) is 0 Å². The van der Waals surface area contributed by atoms with E-state index in [9.17, 15) is 9.90 Å². The summed E-state index contributed by atoms with van der Waals surface area (Å²) in [5.74, 6) is 1.17. The lowest BCUT2D eigenvalue weighted by Gasteiger charge is -2.16. The summed E-state index contributed by atoms with van der Waals surface area (Å²) in [5, 5.41) is 17.5. The summed E-state index contributed by atoms with van der Waals surface area (Å²) in [6.45, 7) is 1.98. The predicted molar refractivity (Wildman–Crippen MR) is 61.9 cm³/mol. The lowest BCUT2D eigenvalue weighted by atomic mass is 9.96. The topological polar surface area (TPSA) is 83.5 Å². The maximum absolute atomic E-state index is 9.86. The van der Waals surface area contributed by atoms with Gasteiger partial charge in [0.05, 0.1) is 12.6 Å².